The van der Waals surface area contributed by atoms with Crippen molar-refractivity contribution in [2.75, 3.05) is 18.0 Å². The van der Waals surface area contributed by atoms with Crippen LogP contribution in [0.4, 0.5) is 5.69 Å². The van der Waals surface area contributed by atoms with Gasteiger partial charge >= 0.3 is 0 Å². The molecule has 0 saturated carbocycles. The van der Waals surface area contributed by atoms with Gasteiger partial charge in [0, 0.05) is 35.9 Å². The smallest absolute Gasteiger partial charge is 0.249 e. The van der Waals surface area contributed by atoms with Crippen molar-refractivity contribution in [2.45, 2.75) is 31.2 Å². The first-order valence-corrected chi connectivity index (χ1v) is 11.7. The maximum atomic E-state index is 12.1. The van der Waals surface area contributed by atoms with Gasteiger partial charge < -0.3 is 20.7 Å². The maximum Gasteiger partial charge on any atom is 0.249 e. The van der Waals surface area contributed by atoms with Crippen LogP contribution >= 0.6 is 11.6 Å². The molecule has 2 amide bonds. The molecule has 0 bridgehead atoms. The molecule has 1 aromatic heterocycles. The molecule has 34 heavy (non-hydrogen) atoms. The van der Waals surface area contributed by atoms with Crippen molar-refractivity contribution in [1.29, 1.82) is 0 Å². The van der Waals surface area contributed by atoms with Gasteiger partial charge in [-0.1, -0.05) is 18.2 Å². The van der Waals surface area contributed by atoms with E-state index in [0.29, 0.717) is 22.6 Å². The zero-order valence-electron chi connectivity index (χ0n) is 18.9. The molecule has 3 aromatic rings. The maximum absolute atomic E-state index is 12.1. The first kappa shape index (κ1) is 23.6. The lowest BCUT2D eigenvalue weighted by Gasteiger charge is -2.34. The van der Waals surface area contributed by atoms with E-state index in [1.54, 1.807) is 19.2 Å². The Bertz CT molecular complexity index is 1140. The van der Waals surface area contributed by atoms with Crippen LogP contribution in [0.5, 0.6) is 11.5 Å². The zero-order valence-corrected chi connectivity index (χ0v) is 19.7. The Morgan fingerprint density at radius 3 is 2.44 bits per heavy atom. The number of primary amides is 1. The number of nitrogens with zero attached hydrogens (tertiary/aromatic N) is 2. The first-order valence-electron chi connectivity index (χ1n) is 11.2. The standard InChI is InChI=1S/C26H27ClN4O3/c1-17(27)26(33)30-18-11-13-31(14-12-18)19-7-9-22(25(28)32)23(15-19)24-10-8-21(16-29-24)34-20-5-3-2-4-6-20/h2-10,15-18H,11-14H2,1H3,(H2,28,32)(H,30,33). The van der Waals surface area contributed by atoms with Crippen molar-refractivity contribution >= 4 is 29.1 Å². The lowest BCUT2D eigenvalue weighted by molar-refractivity contribution is -0.121. The number of pyridine rings is 1. The third kappa shape index (κ3) is 5.66. The molecule has 1 fully saturated rings. The van der Waals surface area contributed by atoms with E-state index in [1.807, 2.05) is 54.6 Å². The summed E-state index contributed by atoms with van der Waals surface area (Å²) in [5.74, 6) is 0.669. The summed E-state index contributed by atoms with van der Waals surface area (Å²) in [6, 6.07) is 18.8. The van der Waals surface area contributed by atoms with E-state index in [1.165, 1.54) is 0 Å². The number of benzene rings is 2. The summed E-state index contributed by atoms with van der Waals surface area (Å²) in [7, 11) is 0. The summed E-state index contributed by atoms with van der Waals surface area (Å²) in [6.07, 6.45) is 3.25. The fraction of sp³-hybridized carbons (Fsp3) is 0.269. The summed E-state index contributed by atoms with van der Waals surface area (Å²) in [4.78, 5) is 30.7. The highest BCUT2D eigenvalue weighted by Gasteiger charge is 2.23. The topological polar surface area (TPSA) is 97.6 Å². The second-order valence-electron chi connectivity index (χ2n) is 8.27. The molecule has 1 atom stereocenters. The number of alkyl halides is 1. The molecule has 176 valence electrons. The Kier molecular flexibility index (Phi) is 7.33. The Labute approximate surface area is 203 Å². The summed E-state index contributed by atoms with van der Waals surface area (Å²) in [5.41, 5.74) is 8.33. The fourth-order valence-electron chi connectivity index (χ4n) is 3.98. The third-order valence-corrected chi connectivity index (χ3v) is 6.03. The number of aromatic nitrogens is 1. The molecule has 1 unspecified atom stereocenters. The number of hydrogen-bond acceptors (Lipinski definition) is 5. The van der Waals surface area contributed by atoms with Crippen LogP contribution < -0.4 is 20.7 Å². The van der Waals surface area contributed by atoms with E-state index in [2.05, 4.69) is 15.2 Å². The van der Waals surface area contributed by atoms with E-state index < -0.39 is 11.3 Å². The van der Waals surface area contributed by atoms with Crippen molar-refractivity contribution in [2.24, 2.45) is 5.73 Å². The van der Waals surface area contributed by atoms with Gasteiger partial charge in [-0.05, 0) is 62.2 Å². The van der Waals surface area contributed by atoms with Crippen LogP contribution in [0.25, 0.3) is 11.3 Å². The molecule has 4 rings (SSSR count). The van der Waals surface area contributed by atoms with E-state index in [-0.39, 0.29) is 11.9 Å². The van der Waals surface area contributed by atoms with Crippen LogP contribution in [-0.4, -0.2) is 41.3 Å². The molecule has 1 aliphatic heterocycles. The minimum atomic E-state index is -0.543. The lowest BCUT2D eigenvalue weighted by Crippen LogP contribution is -2.46. The molecule has 2 heterocycles. The highest BCUT2D eigenvalue weighted by molar-refractivity contribution is 6.30. The van der Waals surface area contributed by atoms with Crippen LogP contribution in [0.15, 0.2) is 66.9 Å². The number of hydrogen-bond donors (Lipinski definition) is 2. The van der Waals surface area contributed by atoms with Crippen LogP contribution in [0, 0.1) is 0 Å². The van der Waals surface area contributed by atoms with Crippen molar-refractivity contribution in [3.63, 3.8) is 0 Å². The average Bonchev–Trinajstić information content (AvgIpc) is 2.85. The summed E-state index contributed by atoms with van der Waals surface area (Å²) < 4.78 is 5.82. The van der Waals surface area contributed by atoms with Crippen molar-refractivity contribution in [3.8, 4) is 22.8 Å². The van der Waals surface area contributed by atoms with Gasteiger partial charge in [-0.2, -0.15) is 0 Å². The molecule has 0 radical (unpaired) electrons. The predicted molar refractivity (Wildman–Crippen MR) is 133 cm³/mol. The van der Waals surface area contributed by atoms with Crippen LogP contribution in [0.3, 0.4) is 0 Å². The number of anilines is 1. The number of ether oxygens (including phenoxy) is 1. The molecule has 0 spiro atoms. The van der Waals surface area contributed by atoms with Crippen LogP contribution in [0.1, 0.15) is 30.1 Å². The SMILES string of the molecule is CC(Cl)C(=O)NC1CCN(c2ccc(C(N)=O)c(-c3ccc(Oc4ccccc4)cn3)c2)CC1. The summed E-state index contributed by atoms with van der Waals surface area (Å²) in [5, 5.41) is 2.45. The van der Waals surface area contributed by atoms with Gasteiger partial charge in [0.1, 0.15) is 16.9 Å². The van der Waals surface area contributed by atoms with Gasteiger partial charge in [0.2, 0.25) is 11.8 Å². The van der Waals surface area contributed by atoms with E-state index in [9.17, 15) is 9.59 Å². The van der Waals surface area contributed by atoms with Crippen molar-refractivity contribution < 1.29 is 14.3 Å². The van der Waals surface area contributed by atoms with Gasteiger partial charge in [0.05, 0.1) is 11.9 Å². The third-order valence-electron chi connectivity index (χ3n) is 5.83. The number of rotatable bonds is 7. The predicted octanol–water partition coefficient (Wildman–Crippen LogP) is 4.35. The second-order valence-corrected chi connectivity index (χ2v) is 8.93. The van der Waals surface area contributed by atoms with E-state index in [4.69, 9.17) is 22.1 Å². The van der Waals surface area contributed by atoms with E-state index >= 15 is 0 Å². The molecule has 3 N–H and O–H groups in total. The van der Waals surface area contributed by atoms with Crippen molar-refractivity contribution in [1.82, 2.24) is 10.3 Å². The molecule has 0 aliphatic carbocycles. The minimum Gasteiger partial charge on any atom is -0.456 e. The average molecular weight is 479 g/mol. The Morgan fingerprint density at radius 1 is 1.09 bits per heavy atom. The zero-order chi connectivity index (χ0) is 24.1. The molecular weight excluding hydrogens is 452 g/mol. The molecule has 8 heteroatoms. The van der Waals surface area contributed by atoms with E-state index in [0.717, 1.165) is 37.4 Å². The molecule has 7 nitrogen and oxygen atoms in total. The largest absolute Gasteiger partial charge is 0.456 e. The van der Waals surface area contributed by atoms with Gasteiger partial charge in [-0.3, -0.25) is 14.6 Å². The Hall–Kier alpha value is -3.58. The molecule has 1 saturated heterocycles. The first-order chi connectivity index (χ1) is 16.4. The summed E-state index contributed by atoms with van der Waals surface area (Å²) in [6.45, 7) is 3.21. The Balaban J connectivity index is 1.51. The highest BCUT2D eigenvalue weighted by Crippen LogP contribution is 2.30. The lowest BCUT2D eigenvalue weighted by atomic mass is 9.99. The molecule has 1 aliphatic rings. The normalized spacial score (nSPS) is 14.9. The van der Waals surface area contributed by atoms with Crippen LogP contribution in [0.2, 0.25) is 0 Å². The highest BCUT2D eigenvalue weighted by atomic mass is 35.5. The quantitative estimate of drug-likeness (QED) is 0.492. The number of piperidine rings is 1. The second kappa shape index (κ2) is 10.6. The number of para-hydroxylation sites is 1. The number of nitrogens with two attached hydrogens (primary N) is 1. The van der Waals surface area contributed by atoms with Gasteiger partial charge in [0.25, 0.3) is 0 Å². The number of carbonyl (C=O) groups is 2. The minimum absolute atomic E-state index is 0.105. The number of halogens is 1. The number of nitrogens with one attached hydrogen (secondary N) is 1. The molecular formula is C26H27ClN4O3. The monoisotopic (exact) mass is 478 g/mol. The Morgan fingerprint density at radius 2 is 1.82 bits per heavy atom. The number of amides is 2. The van der Waals surface area contributed by atoms with Gasteiger partial charge in [0.15, 0.2) is 0 Å². The van der Waals surface area contributed by atoms with Crippen molar-refractivity contribution in [3.05, 3.63) is 72.4 Å². The fourth-order valence-corrected chi connectivity index (χ4v) is 4.04. The van der Waals surface area contributed by atoms with Crippen LogP contribution in [-0.2, 0) is 4.79 Å². The number of carbonyl (C=O) groups excluding carboxylic acids is 2. The van der Waals surface area contributed by atoms with Gasteiger partial charge in [-0.25, -0.2) is 0 Å². The molecule has 2 aromatic carbocycles. The van der Waals surface area contributed by atoms with Gasteiger partial charge in [-0.15, -0.1) is 11.6 Å². The summed E-state index contributed by atoms with van der Waals surface area (Å²) >= 11 is 5.86.